The van der Waals surface area contributed by atoms with Gasteiger partial charge in [0.05, 0.1) is 19.2 Å². The molecule has 0 unspecified atom stereocenters. The first-order valence-electron chi connectivity index (χ1n) is 11.4. The first kappa shape index (κ1) is 21.9. The molecule has 1 heterocycles. The van der Waals surface area contributed by atoms with Crippen molar-refractivity contribution in [2.75, 3.05) is 13.7 Å². The van der Waals surface area contributed by atoms with Crippen LogP contribution >= 0.6 is 0 Å². The van der Waals surface area contributed by atoms with E-state index in [1.165, 1.54) is 12.0 Å². The molecular formula is C26H31N3O3. The molecule has 6 nitrogen and oxygen atoms in total. The average Bonchev–Trinajstić information content (AvgIpc) is 2.82. The number of hydrogen-bond acceptors (Lipinski definition) is 3. The first-order chi connectivity index (χ1) is 15.6. The SMILES string of the molecule is COc1ccc2cc(CN(CCc3ccccc3)C(=O)NC3CCCCC3)c(=O)[nH]c2c1. The molecule has 3 aromatic rings. The van der Waals surface area contributed by atoms with E-state index in [1.807, 2.05) is 42.5 Å². The molecule has 6 heteroatoms. The number of benzene rings is 2. The molecule has 0 saturated heterocycles. The molecular weight excluding hydrogens is 402 g/mol. The number of nitrogens with one attached hydrogen (secondary N) is 2. The lowest BCUT2D eigenvalue weighted by Gasteiger charge is -2.28. The minimum Gasteiger partial charge on any atom is -0.497 e. The molecule has 0 radical (unpaired) electrons. The maximum atomic E-state index is 13.2. The normalized spacial score (nSPS) is 14.3. The van der Waals surface area contributed by atoms with Crippen LogP contribution in [0.25, 0.3) is 10.9 Å². The Morgan fingerprint density at radius 2 is 1.88 bits per heavy atom. The molecule has 1 aliphatic rings. The summed E-state index contributed by atoms with van der Waals surface area (Å²) < 4.78 is 5.25. The third-order valence-corrected chi connectivity index (χ3v) is 6.22. The van der Waals surface area contributed by atoms with Gasteiger partial charge in [0.1, 0.15) is 5.75 Å². The van der Waals surface area contributed by atoms with Crippen molar-refractivity contribution in [2.24, 2.45) is 0 Å². The summed E-state index contributed by atoms with van der Waals surface area (Å²) in [7, 11) is 1.60. The number of carbonyl (C=O) groups excluding carboxylic acids is 1. The van der Waals surface area contributed by atoms with Crippen molar-refractivity contribution < 1.29 is 9.53 Å². The highest BCUT2D eigenvalue weighted by Crippen LogP contribution is 2.20. The maximum absolute atomic E-state index is 13.2. The molecule has 2 amide bonds. The van der Waals surface area contributed by atoms with Crippen molar-refractivity contribution in [3.05, 3.63) is 76.1 Å². The topological polar surface area (TPSA) is 74.4 Å². The number of amides is 2. The van der Waals surface area contributed by atoms with E-state index in [0.717, 1.165) is 43.0 Å². The van der Waals surface area contributed by atoms with Gasteiger partial charge in [-0.15, -0.1) is 0 Å². The molecule has 2 N–H and O–H groups in total. The second kappa shape index (κ2) is 10.4. The Hall–Kier alpha value is -3.28. The summed E-state index contributed by atoms with van der Waals surface area (Å²) in [6.07, 6.45) is 6.34. The van der Waals surface area contributed by atoms with E-state index in [1.54, 1.807) is 12.0 Å². The quantitative estimate of drug-likeness (QED) is 0.571. The zero-order chi connectivity index (χ0) is 22.3. The monoisotopic (exact) mass is 433 g/mol. The number of aromatic amines is 1. The van der Waals surface area contributed by atoms with E-state index in [2.05, 4.69) is 22.4 Å². The molecule has 0 atom stereocenters. The summed E-state index contributed by atoms with van der Waals surface area (Å²) in [6.45, 7) is 0.811. The number of urea groups is 1. The van der Waals surface area contributed by atoms with Crippen molar-refractivity contribution in [2.45, 2.75) is 51.1 Å². The number of fused-ring (bicyclic) bond motifs is 1. The van der Waals surface area contributed by atoms with Crippen molar-refractivity contribution in [3.63, 3.8) is 0 Å². The zero-order valence-electron chi connectivity index (χ0n) is 18.6. The molecule has 1 saturated carbocycles. The number of carbonyl (C=O) groups is 1. The van der Waals surface area contributed by atoms with Crippen LogP contribution in [-0.4, -0.2) is 35.6 Å². The molecule has 4 rings (SSSR count). The van der Waals surface area contributed by atoms with Crippen molar-refractivity contribution in [3.8, 4) is 5.75 Å². The highest BCUT2D eigenvalue weighted by atomic mass is 16.5. The predicted octanol–water partition coefficient (Wildman–Crippen LogP) is 4.62. The van der Waals surface area contributed by atoms with Crippen molar-refractivity contribution in [1.82, 2.24) is 15.2 Å². The number of aromatic nitrogens is 1. The van der Waals surface area contributed by atoms with Crippen LogP contribution in [0.2, 0.25) is 0 Å². The van der Waals surface area contributed by atoms with Crippen LogP contribution in [0.3, 0.4) is 0 Å². The van der Waals surface area contributed by atoms with E-state index < -0.39 is 0 Å². The van der Waals surface area contributed by atoms with Crippen LogP contribution in [0.1, 0.15) is 43.2 Å². The number of methoxy groups -OCH3 is 1. The number of hydrogen-bond donors (Lipinski definition) is 2. The molecule has 2 aromatic carbocycles. The molecule has 32 heavy (non-hydrogen) atoms. The third-order valence-electron chi connectivity index (χ3n) is 6.22. The molecule has 1 aromatic heterocycles. The number of nitrogens with zero attached hydrogens (tertiary/aromatic N) is 1. The fourth-order valence-corrected chi connectivity index (χ4v) is 4.35. The van der Waals surface area contributed by atoms with E-state index >= 15 is 0 Å². The van der Waals surface area contributed by atoms with Gasteiger partial charge in [-0.25, -0.2) is 4.79 Å². The summed E-state index contributed by atoms with van der Waals surface area (Å²) in [4.78, 5) is 30.7. The Morgan fingerprint density at radius 3 is 2.62 bits per heavy atom. The second-order valence-electron chi connectivity index (χ2n) is 8.52. The number of pyridine rings is 1. The van der Waals surface area contributed by atoms with Crippen LogP contribution in [0.15, 0.2) is 59.4 Å². The van der Waals surface area contributed by atoms with Gasteiger partial charge >= 0.3 is 6.03 Å². The van der Waals surface area contributed by atoms with Crippen molar-refractivity contribution in [1.29, 1.82) is 0 Å². The third kappa shape index (κ3) is 5.49. The van der Waals surface area contributed by atoms with Gasteiger partial charge in [0, 0.05) is 24.2 Å². The van der Waals surface area contributed by atoms with Crippen molar-refractivity contribution >= 4 is 16.9 Å². The summed E-state index contributed by atoms with van der Waals surface area (Å²) in [5, 5.41) is 4.12. The fourth-order valence-electron chi connectivity index (χ4n) is 4.35. The van der Waals surface area contributed by atoms with Crippen LogP contribution in [0.5, 0.6) is 5.75 Å². The Kier molecular flexibility index (Phi) is 7.10. The van der Waals surface area contributed by atoms with E-state index in [-0.39, 0.29) is 24.2 Å². The Morgan fingerprint density at radius 1 is 1.09 bits per heavy atom. The molecule has 1 fully saturated rings. The van der Waals surface area contributed by atoms with Gasteiger partial charge in [-0.1, -0.05) is 49.6 Å². The van der Waals surface area contributed by atoms with Gasteiger partial charge in [0.15, 0.2) is 0 Å². The first-order valence-corrected chi connectivity index (χ1v) is 11.4. The van der Waals surface area contributed by atoms with Gasteiger partial charge in [0.25, 0.3) is 5.56 Å². The predicted molar refractivity (Wildman–Crippen MR) is 127 cm³/mol. The highest BCUT2D eigenvalue weighted by Gasteiger charge is 2.21. The van der Waals surface area contributed by atoms with Gasteiger partial charge in [-0.3, -0.25) is 4.79 Å². The Balaban J connectivity index is 1.54. The summed E-state index contributed by atoms with van der Waals surface area (Å²) >= 11 is 0. The van der Waals surface area contributed by atoms with Crippen LogP contribution in [0, 0.1) is 0 Å². The second-order valence-corrected chi connectivity index (χ2v) is 8.52. The van der Waals surface area contributed by atoms with Gasteiger partial charge in [0.2, 0.25) is 0 Å². The smallest absolute Gasteiger partial charge is 0.317 e. The van der Waals surface area contributed by atoms with Crippen LogP contribution in [0.4, 0.5) is 4.79 Å². The van der Waals surface area contributed by atoms with Gasteiger partial charge in [-0.2, -0.15) is 0 Å². The number of ether oxygens (including phenoxy) is 1. The molecule has 0 bridgehead atoms. The lowest BCUT2D eigenvalue weighted by molar-refractivity contribution is 0.187. The lowest BCUT2D eigenvalue weighted by Crippen LogP contribution is -2.46. The fraction of sp³-hybridized carbons (Fsp3) is 0.385. The van der Waals surface area contributed by atoms with Crippen LogP contribution in [-0.2, 0) is 13.0 Å². The summed E-state index contributed by atoms with van der Waals surface area (Å²) in [6, 6.07) is 17.7. The average molecular weight is 434 g/mol. The minimum absolute atomic E-state index is 0.0953. The van der Waals surface area contributed by atoms with Gasteiger partial charge in [-0.05, 0) is 48.4 Å². The van der Waals surface area contributed by atoms with Gasteiger partial charge < -0.3 is 19.9 Å². The minimum atomic E-state index is -0.180. The number of rotatable bonds is 7. The summed E-state index contributed by atoms with van der Waals surface area (Å²) in [5.74, 6) is 0.692. The maximum Gasteiger partial charge on any atom is 0.317 e. The largest absolute Gasteiger partial charge is 0.497 e. The Labute approximate surface area is 188 Å². The van der Waals surface area contributed by atoms with E-state index in [9.17, 15) is 9.59 Å². The Bertz CT molecular complexity index is 1100. The highest BCUT2D eigenvalue weighted by molar-refractivity contribution is 5.80. The molecule has 0 aliphatic heterocycles. The lowest BCUT2D eigenvalue weighted by atomic mass is 9.96. The summed E-state index contributed by atoms with van der Waals surface area (Å²) in [5.41, 5.74) is 2.29. The number of H-pyrrole nitrogens is 1. The van der Waals surface area contributed by atoms with Crippen LogP contribution < -0.4 is 15.6 Å². The van der Waals surface area contributed by atoms with E-state index in [0.29, 0.717) is 17.9 Å². The zero-order valence-corrected chi connectivity index (χ0v) is 18.6. The standard InChI is InChI=1S/C26H31N3O3/c1-32-23-13-12-20-16-21(25(30)28-24(20)17-23)18-29(15-14-19-8-4-2-5-9-19)26(31)27-22-10-6-3-7-11-22/h2,4-5,8-9,12-13,16-17,22H,3,6-7,10-11,14-15,18H2,1H3,(H,27,31)(H,28,30). The molecule has 168 valence electrons. The van der Waals surface area contributed by atoms with E-state index in [4.69, 9.17) is 4.74 Å². The molecule has 1 aliphatic carbocycles. The molecule has 0 spiro atoms.